The third-order valence-corrected chi connectivity index (χ3v) is 7.05. The predicted octanol–water partition coefficient (Wildman–Crippen LogP) is 2.93. The van der Waals surface area contributed by atoms with Crippen molar-refractivity contribution in [3.63, 3.8) is 0 Å². The fourth-order valence-electron chi connectivity index (χ4n) is 4.46. The summed E-state index contributed by atoms with van der Waals surface area (Å²) in [6.07, 6.45) is 5.82. The summed E-state index contributed by atoms with van der Waals surface area (Å²) in [5.74, 6) is -0.299. The first-order valence-corrected chi connectivity index (χ1v) is 9.03. The summed E-state index contributed by atoms with van der Waals surface area (Å²) >= 11 is 0. The van der Waals surface area contributed by atoms with Gasteiger partial charge in [0.15, 0.2) is 5.78 Å². The lowest BCUT2D eigenvalue weighted by Crippen LogP contribution is -2.57. The van der Waals surface area contributed by atoms with Gasteiger partial charge in [-0.25, -0.2) is 0 Å². The van der Waals surface area contributed by atoms with Crippen LogP contribution in [0.5, 0.6) is 0 Å². The van der Waals surface area contributed by atoms with Crippen molar-refractivity contribution >= 4 is 5.78 Å². The van der Waals surface area contributed by atoms with E-state index in [1.165, 1.54) is 5.57 Å². The summed E-state index contributed by atoms with van der Waals surface area (Å²) in [7, 11) is 0. The lowest BCUT2D eigenvalue weighted by atomic mass is 9.55. The molecule has 4 nitrogen and oxygen atoms in total. The number of rotatable bonds is 0. The zero-order valence-electron chi connectivity index (χ0n) is 15.4. The van der Waals surface area contributed by atoms with Crippen LogP contribution in [-0.2, 0) is 9.53 Å². The Morgan fingerprint density at radius 1 is 1.25 bits per heavy atom. The second kappa shape index (κ2) is 5.52. The number of ether oxygens (including phenoxy) is 1. The van der Waals surface area contributed by atoms with E-state index in [9.17, 15) is 15.0 Å². The number of Topliss-reactive ketones (excluding diaryl/α,β-unsaturated/α-hetero) is 1. The number of aliphatic hydroxyl groups excluding tert-OH is 1. The van der Waals surface area contributed by atoms with Crippen LogP contribution in [-0.4, -0.2) is 39.4 Å². The zero-order valence-corrected chi connectivity index (χ0v) is 15.4. The van der Waals surface area contributed by atoms with Crippen molar-refractivity contribution in [3.05, 3.63) is 23.3 Å². The Morgan fingerprint density at radius 3 is 2.58 bits per heavy atom. The highest BCUT2D eigenvalue weighted by Crippen LogP contribution is 2.54. The second-order valence-electron chi connectivity index (χ2n) is 8.61. The van der Waals surface area contributed by atoms with E-state index in [2.05, 4.69) is 13.0 Å². The lowest BCUT2D eigenvalue weighted by molar-refractivity contribution is -0.131. The van der Waals surface area contributed by atoms with Gasteiger partial charge in [-0.15, -0.1) is 0 Å². The quantitative estimate of drug-likeness (QED) is 0.528. The average molecular weight is 334 g/mol. The van der Waals surface area contributed by atoms with Gasteiger partial charge in [0.1, 0.15) is 11.7 Å². The molecule has 4 heteroatoms. The fourth-order valence-corrected chi connectivity index (χ4v) is 4.46. The Kier molecular flexibility index (Phi) is 4.10. The average Bonchev–Trinajstić information content (AvgIpc) is 3.18. The van der Waals surface area contributed by atoms with E-state index in [4.69, 9.17) is 4.74 Å². The number of carbonyl (C=O) groups excluding carboxylic acids is 1. The van der Waals surface area contributed by atoms with Gasteiger partial charge in [0.2, 0.25) is 0 Å². The topological polar surface area (TPSA) is 70.1 Å². The molecular formula is C20H30O4. The van der Waals surface area contributed by atoms with Crippen LogP contribution in [0.25, 0.3) is 0 Å². The van der Waals surface area contributed by atoms with Gasteiger partial charge in [-0.3, -0.25) is 4.79 Å². The first-order chi connectivity index (χ1) is 11.0. The molecule has 0 spiro atoms. The number of hydrogen-bond acceptors (Lipinski definition) is 4. The lowest BCUT2D eigenvalue weighted by Gasteiger charge is -2.52. The van der Waals surface area contributed by atoms with Crippen molar-refractivity contribution in [3.8, 4) is 0 Å². The largest absolute Gasteiger partial charge is 0.389 e. The van der Waals surface area contributed by atoms with Crippen LogP contribution in [0.3, 0.4) is 0 Å². The van der Waals surface area contributed by atoms with Gasteiger partial charge in [-0.2, -0.15) is 0 Å². The standard InChI is InChI=1S/C20H30O4/c1-12-7-6-9-19(4)17(24-19)16(22)14-11-15(21)13(2)18(3,10-8-12)20(14,5)23/h7,11,13,15,17,21,23H,6,8-10H2,1-5H3/t13-,15-,17-,18+,19-,20+/m1/s1. The molecule has 24 heavy (non-hydrogen) atoms. The van der Waals surface area contributed by atoms with Crippen molar-refractivity contribution in [2.24, 2.45) is 11.3 Å². The maximum atomic E-state index is 13.0. The highest BCUT2D eigenvalue weighted by atomic mass is 16.6. The van der Waals surface area contributed by atoms with Crippen molar-refractivity contribution in [2.45, 2.75) is 83.7 Å². The van der Waals surface area contributed by atoms with Crippen molar-refractivity contribution in [1.82, 2.24) is 0 Å². The van der Waals surface area contributed by atoms with Crippen LogP contribution in [0.1, 0.15) is 60.3 Å². The normalized spacial score (nSPS) is 49.3. The maximum absolute atomic E-state index is 13.0. The molecule has 6 atom stereocenters. The number of hydrogen-bond donors (Lipinski definition) is 2. The Labute approximate surface area is 144 Å². The van der Waals surface area contributed by atoms with E-state index in [-0.39, 0.29) is 11.7 Å². The molecule has 2 aliphatic carbocycles. The SMILES string of the molecule is CC1=CCC[C@@]2(C)O[C@@H]2C(=O)C2=C[C@@H](O)[C@@H](C)[C@](C)(CC1)[C@@]2(C)O. The maximum Gasteiger partial charge on any atom is 0.193 e. The highest BCUT2D eigenvalue weighted by Gasteiger charge is 2.62. The molecule has 1 heterocycles. The molecule has 1 fully saturated rings. The smallest absolute Gasteiger partial charge is 0.193 e. The summed E-state index contributed by atoms with van der Waals surface area (Å²) in [4.78, 5) is 13.0. The zero-order chi connectivity index (χ0) is 17.9. The van der Waals surface area contributed by atoms with Gasteiger partial charge < -0.3 is 14.9 Å². The van der Waals surface area contributed by atoms with Gasteiger partial charge in [0.25, 0.3) is 0 Å². The van der Waals surface area contributed by atoms with E-state index in [0.717, 1.165) is 25.7 Å². The first kappa shape index (κ1) is 17.8. The minimum Gasteiger partial charge on any atom is -0.389 e. The Hall–Kier alpha value is -0.970. The minimum atomic E-state index is -1.28. The van der Waals surface area contributed by atoms with E-state index >= 15 is 0 Å². The molecule has 0 unspecified atom stereocenters. The molecule has 0 aromatic rings. The number of fused-ring (bicyclic) bond motifs is 3. The van der Waals surface area contributed by atoms with Crippen molar-refractivity contribution < 1.29 is 19.7 Å². The number of epoxide rings is 1. The Morgan fingerprint density at radius 2 is 1.92 bits per heavy atom. The molecule has 0 radical (unpaired) electrons. The molecule has 134 valence electrons. The first-order valence-electron chi connectivity index (χ1n) is 9.03. The predicted molar refractivity (Wildman–Crippen MR) is 92.5 cm³/mol. The van der Waals surface area contributed by atoms with E-state index in [1.54, 1.807) is 13.0 Å². The van der Waals surface area contributed by atoms with Crippen molar-refractivity contribution in [1.29, 1.82) is 0 Å². The highest BCUT2D eigenvalue weighted by molar-refractivity contribution is 6.03. The molecule has 1 aliphatic heterocycles. The van der Waals surface area contributed by atoms with Crippen LogP contribution in [0.15, 0.2) is 23.3 Å². The number of aliphatic hydroxyl groups is 2. The van der Waals surface area contributed by atoms with Gasteiger partial charge in [-0.1, -0.05) is 25.5 Å². The molecule has 0 aromatic heterocycles. The van der Waals surface area contributed by atoms with Crippen LogP contribution in [0, 0.1) is 11.3 Å². The van der Waals surface area contributed by atoms with E-state index in [0.29, 0.717) is 5.57 Å². The van der Waals surface area contributed by atoms with Gasteiger partial charge >= 0.3 is 0 Å². The second-order valence-corrected chi connectivity index (χ2v) is 8.61. The molecule has 0 saturated carbocycles. The molecule has 2 bridgehead atoms. The van der Waals surface area contributed by atoms with Gasteiger partial charge in [-0.05, 0) is 58.4 Å². The minimum absolute atomic E-state index is 0.133. The molecule has 0 amide bonds. The molecule has 3 aliphatic rings. The van der Waals surface area contributed by atoms with E-state index < -0.39 is 28.8 Å². The van der Waals surface area contributed by atoms with Crippen LogP contribution in [0.2, 0.25) is 0 Å². The molecular weight excluding hydrogens is 304 g/mol. The summed E-state index contributed by atoms with van der Waals surface area (Å²) in [5.41, 5.74) is -0.695. The summed E-state index contributed by atoms with van der Waals surface area (Å²) in [5, 5.41) is 21.9. The van der Waals surface area contributed by atoms with Crippen molar-refractivity contribution in [2.75, 3.05) is 0 Å². The summed E-state index contributed by atoms with van der Waals surface area (Å²) in [6.45, 7) is 9.75. The number of ketones is 1. The Balaban J connectivity index is 2.08. The van der Waals surface area contributed by atoms with Crippen LogP contribution < -0.4 is 0 Å². The summed E-state index contributed by atoms with van der Waals surface area (Å²) in [6, 6.07) is 0. The number of carbonyl (C=O) groups is 1. The third kappa shape index (κ3) is 2.51. The number of allylic oxidation sites excluding steroid dienone is 2. The van der Waals surface area contributed by atoms with Crippen LogP contribution in [0.4, 0.5) is 0 Å². The Bertz CT molecular complexity index is 617. The van der Waals surface area contributed by atoms with Gasteiger partial charge in [0.05, 0.1) is 11.7 Å². The molecule has 0 aromatic carbocycles. The van der Waals surface area contributed by atoms with E-state index in [1.807, 2.05) is 20.8 Å². The molecule has 1 saturated heterocycles. The van der Waals surface area contributed by atoms with Crippen LogP contribution >= 0.6 is 0 Å². The van der Waals surface area contributed by atoms with Gasteiger partial charge in [0, 0.05) is 11.0 Å². The summed E-state index contributed by atoms with van der Waals surface area (Å²) < 4.78 is 5.73. The fraction of sp³-hybridized carbons (Fsp3) is 0.750. The monoisotopic (exact) mass is 334 g/mol. The molecule has 2 N–H and O–H groups in total. The molecule has 3 rings (SSSR count). The third-order valence-electron chi connectivity index (χ3n) is 7.05.